The van der Waals surface area contributed by atoms with Gasteiger partial charge in [-0.15, -0.1) is 0 Å². The number of piperazine rings is 1. The third-order valence-electron chi connectivity index (χ3n) is 4.76. The molecule has 1 fully saturated rings. The Balaban J connectivity index is 1.35. The quantitative estimate of drug-likeness (QED) is 0.598. The van der Waals surface area contributed by atoms with Gasteiger partial charge in [0.05, 0.1) is 11.3 Å². The third-order valence-corrected chi connectivity index (χ3v) is 4.76. The molecule has 0 bridgehead atoms. The Morgan fingerprint density at radius 3 is 2.30 bits per heavy atom. The van der Waals surface area contributed by atoms with Gasteiger partial charge in [0.2, 0.25) is 5.91 Å². The molecule has 1 N–H and O–H groups in total. The molecule has 1 saturated heterocycles. The number of benzene rings is 2. The Morgan fingerprint density at radius 2 is 1.67 bits per heavy atom. The van der Waals surface area contributed by atoms with Crippen LogP contribution in [0.4, 0.5) is 11.4 Å². The number of carbonyl (C=O) groups excluding carboxylic acids is 1. The molecule has 7 heteroatoms. The van der Waals surface area contributed by atoms with Crippen LogP contribution in [0.2, 0.25) is 0 Å². The molecule has 2 aromatic carbocycles. The second-order valence-corrected chi connectivity index (χ2v) is 6.61. The van der Waals surface area contributed by atoms with Gasteiger partial charge in [0, 0.05) is 57.1 Å². The summed E-state index contributed by atoms with van der Waals surface area (Å²) in [6.07, 6.45) is 0.236. The van der Waals surface area contributed by atoms with Gasteiger partial charge in [0.15, 0.2) is 0 Å². The summed E-state index contributed by atoms with van der Waals surface area (Å²) in [7, 11) is 0. The molecule has 7 nitrogen and oxygen atoms in total. The molecule has 0 spiro atoms. The first-order valence-electron chi connectivity index (χ1n) is 9.14. The summed E-state index contributed by atoms with van der Waals surface area (Å²) in [5, 5.41) is 13.6. The smallest absolute Gasteiger partial charge is 0.269 e. The van der Waals surface area contributed by atoms with Gasteiger partial charge in [-0.3, -0.25) is 19.8 Å². The Morgan fingerprint density at radius 1 is 1.00 bits per heavy atom. The minimum atomic E-state index is -0.443. The lowest BCUT2D eigenvalue weighted by Gasteiger charge is -2.36. The van der Waals surface area contributed by atoms with Crippen molar-refractivity contribution in [2.75, 3.05) is 44.2 Å². The molecular formula is C20H24N4O3. The van der Waals surface area contributed by atoms with Crippen LogP contribution in [0.1, 0.15) is 5.56 Å². The number of non-ortho nitro benzene ring substituents is 1. The number of amides is 1. The fourth-order valence-electron chi connectivity index (χ4n) is 3.21. The van der Waals surface area contributed by atoms with E-state index in [0.29, 0.717) is 6.54 Å². The van der Waals surface area contributed by atoms with Crippen LogP contribution in [0.5, 0.6) is 0 Å². The minimum Gasteiger partial charge on any atom is -0.369 e. The van der Waals surface area contributed by atoms with Crippen LogP contribution >= 0.6 is 0 Å². The summed E-state index contributed by atoms with van der Waals surface area (Å²) in [6.45, 7) is 5.37. The molecule has 3 rings (SSSR count). The van der Waals surface area contributed by atoms with Crippen molar-refractivity contribution in [1.29, 1.82) is 0 Å². The number of nitro groups is 1. The van der Waals surface area contributed by atoms with Crippen LogP contribution in [0.25, 0.3) is 0 Å². The first-order valence-corrected chi connectivity index (χ1v) is 9.14. The number of hydrogen-bond acceptors (Lipinski definition) is 5. The largest absolute Gasteiger partial charge is 0.369 e. The minimum absolute atomic E-state index is 0.0359. The van der Waals surface area contributed by atoms with Gasteiger partial charge in [-0.1, -0.05) is 30.3 Å². The molecule has 1 heterocycles. The molecule has 1 amide bonds. The topological polar surface area (TPSA) is 78.7 Å². The summed E-state index contributed by atoms with van der Waals surface area (Å²) < 4.78 is 0. The maximum atomic E-state index is 12.0. The predicted molar refractivity (Wildman–Crippen MR) is 105 cm³/mol. The van der Waals surface area contributed by atoms with Gasteiger partial charge in [-0.2, -0.15) is 0 Å². The first-order chi connectivity index (χ1) is 13.1. The van der Waals surface area contributed by atoms with Crippen LogP contribution in [-0.4, -0.2) is 55.0 Å². The number of rotatable bonds is 7. The highest BCUT2D eigenvalue weighted by molar-refractivity contribution is 5.78. The summed E-state index contributed by atoms with van der Waals surface area (Å²) in [5.74, 6) is -0.0632. The SMILES string of the molecule is O=C(Cc1ccc([N+](=O)[O-])cc1)NCCN1CCN(c2ccccc2)CC1. The highest BCUT2D eigenvalue weighted by atomic mass is 16.6. The second kappa shape index (κ2) is 9.14. The van der Waals surface area contributed by atoms with E-state index in [1.165, 1.54) is 17.8 Å². The number of anilines is 1. The maximum Gasteiger partial charge on any atom is 0.269 e. The van der Waals surface area contributed by atoms with Crippen molar-refractivity contribution in [3.05, 3.63) is 70.3 Å². The van der Waals surface area contributed by atoms with E-state index in [1.54, 1.807) is 12.1 Å². The number of hydrogen-bond donors (Lipinski definition) is 1. The van der Waals surface area contributed by atoms with E-state index in [9.17, 15) is 14.9 Å². The van der Waals surface area contributed by atoms with Gasteiger partial charge in [0.25, 0.3) is 5.69 Å². The zero-order valence-electron chi connectivity index (χ0n) is 15.2. The highest BCUT2D eigenvalue weighted by Gasteiger charge is 2.16. The van der Waals surface area contributed by atoms with E-state index in [2.05, 4.69) is 39.4 Å². The molecule has 0 radical (unpaired) electrons. The van der Waals surface area contributed by atoms with Gasteiger partial charge in [0.1, 0.15) is 0 Å². The number of para-hydroxylation sites is 1. The van der Waals surface area contributed by atoms with Crippen LogP contribution in [0.3, 0.4) is 0 Å². The number of carbonyl (C=O) groups is 1. The van der Waals surface area contributed by atoms with Crippen molar-refractivity contribution in [3.8, 4) is 0 Å². The lowest BCUT2D eigenvalue weighted by Crippen LogP contribution is -2.48. The molecule has 142 valence electrons. The normalized spacial score (nSPS) is 14.7. The fraction of sp³-hybridized carbons (Fsp3) is 0.350. The molecule has 0 unspecified atom stereocenters. The predicted octanol–water partition coefficient (Wildman–Crippen LogP) is 2.08. The average Bonchev–Trinajstić information content (AvgIpc) is 2.69. The van der Waals surface area contributed by atoms with E-state index < -0.39 is 4.92 Å². The molecule has 0 saturated carbocycles. The Hall–Kier alpha value is -2.93. The van der Waals surface area contributed by atoms with E-state index in [1.807, 2.05) is 6.07 Å². The first kappa shape index (κ1) is 18.8. The summed E-state index contributed by atoms with van der Waals surface area (Å²) in [4.78, 5) is 27.0. The molecule has 0 aromatic heterocycles. The number of nitrogens with one attached hydrogen (secondary N) is 1. The second-order valence-electron chi connectivity index (χ2n) is 6.61. The van der Waals surface area contributed by atoms with Crippen molar-refractivity contribution in [2.45, 2.75) is 6.42 Å². The van der Waals surface area contributed by atoms with E-state index in [0.717, 1.165) is 38.3 Å². The van der Waals surface area contributed by atoms with Crippen molar-refractivity contribution in [3.63, 3.8) is 0 Å². The summed E-state index contributed by atoms with van der Waals surface area (Å²) >= 11 is 0. The van der Waals surface area contributed by atoms with Crippen molar-refractivity contribution in [1.82, 2.24) is 10.2 Å². The highest BCUT2D eigenvalue weighted by Crippen LogP contribution is 2.15. The molecule has 2 aromatic rings. The summed E-state index contributed by atoms with van der Waals surface area (Å²) in [5.41, 5.74) is 2.07. The number of nitro benzene ring substituents is 1. The van der Waals surface area contributed by atoms with Crippen LogP contribution in [0.15, 0.2) is 54.6 Å². The van der Waals surface area contributed by atoms with Crippen LogP contribution in [-0.2, 0) is 11.2 Å². The average molecular weight is 368 g/mol. The van der Waals surface area contributed by atoms with E-state index in [-0.39, 0.29) is 18.0 Å². The van der Waals surface area contributed by atoms with Crippen molar-refractivity contribution < 1.29 is 9.72 Å². The van der Waals surface area contributed by atoms with Crippen LogP contribution < -0.4 is 10.2 Å². The van der Waals surface area contributed by atoms with Gasteiger partial charge in [-0.25, -0.2) is 0 Å². The molecule has 0 atom stereocenters. The monoisotopic (exact) mass is 368 g/mol. The number of nitrogens with zero attached hydrogens (tertiary/aromatic N) is 3. The standard InChI is InChI=1S/C20H24N4O3/c25-20(16-17-6-8-19(9-7-17)24(26)27)21-10-11-22-12-14-23(15-13-22)18-4-2-1-3-5-18/h1-9H,10-16H2,(H,21,25). The molecule has 27 heavy (non-hydrogen) atoms. The summed E-state index contributed by atoms with van der Waals surface area (Å²) in [6, 6.07) is 16.5. The van der Waals surface area contributed by atoms with Crippen molar-refractivity contribution >= 4 is 17.3 Å². The molecule has 1 aliphatic heterocycles. The van der Waals surface area contributed by atoms with Gasteiger partial charge >= 0.3 is 0 Å². The van der Waals surface area contributed by atoms with Crippen LogP contribution in [0, 0.1) is 10.1 Å². The van der Waals surface area contributed by atoms with E-state index >= 15 is 0 Å². The zero-order valence-corrected chi connectivity index (χ0v) is 15.2. The molecular weight excluding hydrogens is 344 g/mol. The lowest BCUT2D eigenvalue weighted by molar-refractivity contribution is -0.384. The van der Waals surface area contributed by atoms with Gasteiger partial charge in [-0.05, 0) is 17.7 Å². The lowest BCUT2D eigenvalue weighted by atomic mass is 10.1. The zero-order chi connectivity index (χ0) is 19.1. The molecule has 0 aliphatic carbocycles. The van der Waals surface area contributed by atoms with E-state index in [4.69, 9.17) is 0 Å². The third kappa shape index (κ3) is 5.52. The Labute approximate surface area is 158 Å². The molecule has 1 aliphatic rings. The van der Waals surface area contributed by atoms with Gasteiger partial charge < -0.3 is 10.2 Å². The maximum absolute atomic E-state index is 12.0. The Bertz CT molecular complexity index is 757. The fourth-order valence-corrected chi connectivity index (χ4v) is 3.21. The Kier molecular flexibility index (Phi) is 6.38. The van der Waals surface area contributed by atoms with Crippen molar-refractivity contribution in [2.24, 2.45) is 0 Å².